The minimum atomic E-state index is -0.0707. The van der Waals surface area contributed by atoms with Crippen molar-refractivity contribution >= 4 is 5.97 Å². The van der Waals surface area contributed by atoms with Gasteiger partial charge in [-0.2, -0.15) is 0 Å². The summed E-state index contributed by atoms with van der Waals surface area (Å²) >= 11 is 0. The van der Waals surface area contributed by atoms with Gasteiger partial charge in [0.15, 0.2) is 0 Å². The van der Waals surface area contributed by atoms with Gasteiger partial charge in [0.2, 0.25) is 0 Å². The Balaban J connectivity index is 3.70. The third-order valence-electron chi connectivity index (χ3n) is 2.28. The Morgan fingerprint density at radius 2 is 1.93 bits per heavy atom. The van der Waals surface area contributed by atoms with Gasteiger partial charge in [-0.15, -0.1) is 0 Å². The summed E-state index contributed by atoms with van der Waals surface area (Å²) in [5.41, 5.74) is 0. The highest BCUT2D eigenvalue weighted by Gasteiger charge is 2.21. The maximum atomic E-state index is 11.5. The summed E-state index contributed by atoms with van der Waals surface area (Å²) in [7, 11) is 1.64. The quantitative estimate of drug-likeness (QED) is 0.469. The van der Waals surface area contributed by atoms with Crippen molar-refractivity contribution in [1.82, 2.24) is 0 Å². The molecular weight excluding hydrogens is 180 g/mol. The molecule has 0 bridgehead atoms. The Morgan fingerprint density at radius 3 is 2.36 bits per heavy atom. The zero-order valence-electron chi connectivity index (χ0n) is 9.71. The molecule has 0 aliphatic rings. The highest BCUT2D eigenvalue weighted by atomic mass is 16.5. The molecule has 1 atom stereocenters. The molecule has 3 heteroatoms. The lowest BCUT2D eigenvalue weighted by atomic mass is 9.93. The molecule has 0 spiro atoms. The van der Waals surface area contributed by atoms with Gasteiger partial charge in [0.25, 0.3) is 0 Å². The molecule has 0 saturated heterocycles. The van der Waals surface area contributed by atoms with Gasteiger partial charge in [-0.1, -0.05) is 20.8 Å². The van der Waals surface area contributed by atoms with Crippen LogP contribution in [0.4, 0.5) is 0 Å². The fourth-order valence-electron chi connectivity index (χ4n) is 1.39. The lowest BCUT2D eigenvalue weighted by Crippen LogP contribution is -2.22. The van der Waals surface area contributed by atoms with Crippen LogP contribution in [0.5, 0.6) is 0 Å². The van der Waals surface area contributed by atoms with Gasteiger partial charge < -0.3 is 9.47 Å². The predicted octanol–water partition coefficient (Wildman–Crippen LogP) is 2.25. The first-order chi connectivity index (χ1) is 6.63. The molecule has 84 valence electrons. The summed E-state index contributed by atoms with van der Waals surface area (Å²) in [6.07, 6.45) is 1.62. The van der Waals surface area contributed by atoms with E-state index in [1.807, 2.05) is 20.8 Å². The van der Waals surface area contributed by atoms with Gasteiger partial charge in [-0.3, -0.25) is 4.79 Å². The van der Waals surface area contributed by atoms with Crippen molar-refractivity contribution in [3.63, 3.8) is 0 Å². The number of carbonyl (C=O) groups excluding carboxylic acids is 1. The Morgan fingerprint density at radius 1 is 1.29 bits per heavy atom. The monoisotopic (exact) mass is 202 g/mol. The van der Waals surface area contributed by atoms with E-state index >= 15 is 0 Å². The van der Waals surface area contributed by atoms with Crippen molar-refractivity contribution in [2.75, 3.05) is 20.3 Å². The fraction of sp³-hybridized carbons (Fsp3) is 0.909. The summed E-state index contributed by atoms with van der Waals surface area (Å²) in [5, 5.41) is 0. The van der Waals surface area contributed by atoms with Crippen molar-refractivity contribution in [2.24, 2.45) is 11.8 Å². The largest absolute Gasteiger partial charge is 0.465 e. The van der Waals surface area contributed by atoms with Crippen LogP contribution in [0, 0.1) is 11.8 Å². The van der Waals surface area contributed by atoms with Crippen LogP contribution in [0.1, 0.15) is 33.6 Å². The first-order valence-electron chi connectivity index (χ1n) is 5.29. The lowest BCUT2D eigenvalue weighted by Gasteiger charge is -2.17. The summed E-state index contributed by atoms with van der Waals surface area (Å²) in [5.74, 6) is 0.325. The summed E-state index contributed by atoms with van der Waals surface area (Å²) in [4.78, 5) is 11.5. The first kappa shape index (κ1) is 13.4. The standard InChI is InChI=1S/C11H22O3/c1-5-10(9(2)3)11(12)14-8-6-7-13-4/h9-10H,5-8H2,1-4H3. The van der Waals surface area contributed by atoms with E-state index in [0.29, 0.717) is 19.1 Å². The van der Waals surface area contributed by atoms with Gasteiger partial charge in [0, 0.05) is 20.1 Å². The van der Waals surface area contributed by atoms with Gasteiger partial charge in [-0.05, 0) is 12.3 Å². The Kier molecular flexibility index (Phi) is 7.48. The van der Waals surface area contributed by atoms with Crippen LogP contribution >= 0.6 is 0 Å². The molecule has 1 unspecified atom stereocenters. The second kappa shape index (κ2) is 7.80. The van der Waals surface area contributed by atoms with Gasteiger partial charge in [0.1, 0.15) is 0 Å². The van der Waals surface area contributed by atoms with Crippen LogP contribution in [0.15, 0.2) is 0 Å². The van der Waals surface area contributed by atoms with E-state index < -0.39 is 0 Å². The minimum absolute atomic E-state index is 0.0394. The maximum absolute atomic E-state index is 11.5. The van der Waals surface area contributed by atoms with E-state index in [9.17, 15) is 4.79 Å². The average molecular weight is 202 g/mol. The third-order valence-corrected chi connectivity index (χ3v) is 2.28. The zero-order chi connectivity index (χ0) is 11.0. The molecule has 0 rings (SSSR count). The average Bonchev–Trinajstić information content (AvgIpc) is 2.13. The molecule has 0 heterocycles. The zero-order valence-corrected chi connectivity index (χ0v) is 9.71. The molecule has 3 nitrogen and oxygen atoms in total. The van der Waals surface area contributed by atoms with Gasteiger partial charge >= 0.3 is 5.97 Å². The smallest absolute Gasteiger partial charge is 0.309 e. The topological polar surface area (TPSA) is 35.5 Å². The van der Waals surface area contributed by atoms with Crippen molar-refractivity contribution in [2.45, 2.75) is 33.6 Å². The van der Waals surface area contributed by atoms with E-state index in [1.54, 1.807) is 7.11 Å². The molecule has 0 fully saturated rings. The van der Waals surface area contributed by atoms with Crippen molar-refractivity contribution in [1.29, 1.82) is 0 Å². The number of hydrogen-bond acceptors (Lipinski definition) is 3. The van der Waals surface area contributed by atoms with E-state index in [0.717, 1.165) is 12.8 Å². The fourth-order valence-corrected chi connectivity index (χ4v) is 1.39. The molecule has 0 aromatic carbocycles. The molecule has 0 saturated carbocycles. The van der Waals surface area contributed by atoms with E-state index in [2.05, 4.69) is 0 Å². The van der Waals surface area contributed by atoms with Crippen molar-refractivity contribution in [3.8, 4) is 0 Å². The number of rotatable bonds is 7. The van der Waals surface area contributed by atoms with Crippen LogP contribution in [0.2, 0.25) is 0 Å². The maximum Gasteiger partial charge on any atom is 0.309 e. The highest BCUT2D eigenvalue weighted by Crippen LogP contribution is 2.16. The Bertz CT molecular complexity index is 155. The summed E-state index contributed by atoms with van der Waals surface area (Å²) < 4.78 is 10.0. The predicted molar refractivity (Wildman–Crippen MR) is 56.1 cm³/mol. The molecule has 14 heavy (non-hydrogen) atoms. The molecule has 0 aromatic rings. The Labute approximate surface area is 86.8 Å². The van der Waals surface area contributed by atoms with E-state index in [-0.39, 0.29) is 11.9 Å². The third kappa shape index (κ3) is 5.22. The normalized spacial score (nSPS) is 12.9. The first-order valence-corrected chi connectivity index (χ1v) is 5.29. The number of hydrogen-bond donors (Lipinski definition) is 0. The number of esters is 1. The van der Waals surface area contributed by atoms with Crippen LogP contribution in [-0.2, 0) is 14.3 Å². The van der Waals surface area contributed by atoms with Crippen LogP contribution < -0.4 is 0 Å². The van der Waals surface area contributed by atoms with E-state index in [1.165, 1.54) is 0 Å². The number of methoxy groups -OCH3 is 1. The number of ether oxygens (including phenoxy) is 2. The molecule has 0 aliphatic carbocycles. The minimum Gasteiger partial charge on any atom is -0.465 e. The molecule has 0 amide bonds. The highest BCUT2D eigenvalue weighted by molar-refractivity contribution is 5.72. The molecule has 0 radical (unpaired) electrons. The molecule has 0 N–H and O–H groups in total. The molecular formula is C11H22O3. The summed E-state index contributed by atoms with van der Waals surface area (Å²) in [6.45, 7) is 7.22. The Hall–Kier alpha value is -0.570. The van der Waals surface area contributed by atoms with Crippen LogP contribution in [0.3, 0.4) is 0 Å². The van der Waals surface area contributed by atoms with Crippen molar-refractivity contribution < 1.29 is 14.3 Å². The van der Waals surface area contributed by atoms with Crippen molar-refractivity contribution in [3.05, 3.63) is 0 Å². The van der Waals surface area contributed by atoms with E-state index in [4.69, 9.17) is 9.47 Å². The van der Waals surface area contributed by atoms with Crippen LogP contribution in [0.25, 0.3) is 0 Å². The second-order valence-corrected chi connectivity index (χ2v) is 3.77. The van der Waals surface area contributed by atoms with Gasteiger partial charge in [0.05, 0.1) is 12.5 Å². The SMILES string of the molecule is CCC(C(=O)OCCCOC)C(C)C. The number of carbonyl (C=O) groups is 1. The molecule has 0 aromatic heterocycles. The second-order valence-electron chi connectivity index (χ2n) is 3.77. The molecule has 0 aliphatic heterocycles. The summed E-state index contributed by atoms with van der Waals surface area (Å²) in [6, 6.07) is 0. The van der Waals surface area contributed by atoms with Crippen LogP contribution in [-0.4, -0.2) is 26.3 Å². The lowest BCUT2D eigenvalue weighted by molar-refractivity contribution is -0.150. The van der Waals surface area contributed by atoms with Gasteiger partial charge in [-0.25, -0.2) is 0 Å².